The van der Waals surface area contributed by atoms with Crippen molar-refractivity contribution in [3.05, 3.63) is 90.3 Å². The Kier molecular flexibility index (Phi) is 5.69. The average Bonchev–Trinajstić information content (AvgIpc) is 3.18. The number of nitrogens with one attached hydrogen (secondary N) is 2. The minimum absolute atomic E-state index is 0.0838. The van der Waals surface area contributed by atoms with Crippen molar-refractivity contribution in [1.29, 1.82) is 0 Å². The van der Waals surface area contributed by atoms with E-state index in [9.17, 15) is 4.79 Å². The Bertz CT molecular complexity index is 1770. The highest BCUT2D eigenvalue weighted by atomic mass is 16.1. The molecule has 0 saturated carbocycles. The molecule has 0 unspecified atom stereocenters. The van der Waals surface area contributed by atoms with Crippen LogP contribution in [0.2, 0.25) is 0 Å². The maximum Gasteiger partial charge on any atom is 0.227 e. The van der Waals surface area contributed by atoms with Gasteiger partial charge in [-0.3, -0.25) is 4.79 Å². The number of anilines is 3. The van der Waals surface area contributed by atoms with E-state index in [-0.39, 0.29) is 5.91 Å². The second kappa shape index (κ2) is 9.31. The number of amides is 1. The smallest absolute Gasteiger partial charge is 0.227 e. The topological polar surface area (TPSA) is 97.6 Å². The summed E-state index contributed by atoms with van der Waals surface area (Å²) in [4.78, 5) is 31.6. The van der Waals surface area contributed by atoms with Gasteiger partial charge in [0.2, 0.25) is 11.9 Å². The fourth-order valence-electron chi connectivity index (χ4n) is 4.63. The van der Waals surface area contributed by atoms with Gasteiger partial charge in [-0.1, -0.05) is 36.4 Å². The molecule has 0 aliphatic rings. The van der Waals surface area contributed by atoms with Crippen LogP contribution in [0.25, 0.3) is 33.1 Å². The third-order valence-electron chi connectivity index (χ3n) is 6.21. The molecule has 8 nitrogen and oxygen atoms in total. The largest absolute Gasteiger partial charge is 0.326 e. The number of benzene rings is 3. The van der Waals surface area contributed by atoms with Gasteiger partial charge >= 0.3 is 0 Å². The molecular formula is C29H25N7O. The van der Waals surface area contributed by atoms with E-state index < -0.39 is 0 Å². The monoisotopic (exact) mass is 487 g/mol. The molecule has 0 bridgehead atoms. The maximum atomic E-state index is 12.9. The quantitative estimate of drug-likeness (QED) is 0.303. The number of aromatic nitrogens is 5. The van der Waals surface area contributed by atoms with Crippen molar-refractivity contribution in [3.8, 4) is 0 Å². The lowest BCUT2D eigenvalue weighted by Gasteiger charge is -2.10. The molecule has 3 heterocycles. The van der Waals surface area contributed by atoms with Crippen LogP contribution < -0.4 is 10.6 Å². The summed E-state index contributed by atoms with van der Waals surface area (Å²) in [7, 11) is 0. The third-order valence-corrected chi connectivity index (χ3v) is 6.21. The van der Waals surface area contributed by atoms with Crippen molar-refractivity contribution < 1.29 is 4.79 Å². The Labute approximate surface area is 213 Å². The van der Waals surface area contributed by atoms with Crippen LogP contribution >= 0.6 is 0 Å². The summed E-state index contributed by atoms with van der Waals surface area (Å²) >= 11 is 0. The number of hydrogen-bond acceptors (Lipinski definition) is 6. The highest BCUT2D eigenvalue weighted by Crippen LogP contribution is 2.28. The van der Waals surface area contributed by atoms with Crippen LogP contribution in [0.15, 0.2) is 78.9 Å². The molecule has 0 fully saturated rings. The Morgan fingerprint density at radius 1 is 0.784 bits per heavy atom. The first kappa shape index (κ1) is 22.6. The van der Waals surface area contributed by atoms with Gasteiger partial charge in [0.15, 0.2) is 5.65 Å². The molecule has 8 heteroatoms. The molecule has 0 aliphatic carbocycles. The van der Waals surface area contributed by atoms with Crippen LogP contribution in [0, 0.1) is 13.8 Å². The van der Waals surface area contributed by atoms with Gasteiger partial charge in [0, 0.05) is 41.1 Å². The van der Waals surface area contributed by atoms with E-state index in [1.54, 1.807) is 0 Å². The van der Waals surface area contributed by atoms with Gasteiger partial charge in [-0.05, 0) is 56.3 Å². The van der Waals surface area contributed by atoms with E-state index >= 15 is 0 Å². The molecule has 182 valence electrons. The summed E-state index contributed by atoms with van der Waals surface area (Å²) in [5, 5.41) is 7.26. The first-order chi connectivity index (χ1) is 18.0. The summed E-state index contributed by atoms with van der Waals surface area (Å²) in [5.41, 5.74) is 7.62. The predicted molar refractivity (Wildman–Crippen MR) is 147 cm³/mol. The minimum Gasteiger partial charge on any atom is -0.326 e. The molecule has 2 N–H and O–H groups in total. The average molecular weight is 488 g/mol. The standard InChI is InChI=1S/C29H25N7O/c1-18-16-19(2)31-29(30-18)33-21-9-7-8-20(17-21)32-26(37)14-15-36-25-13-6-3-10-22(25)27-28(36)35-24-12-5-4-11-23(24)34-27/h3-13,16-17H,14-15H2,1-2H3,(H,32,37)(H,30,31,33). The number of carbonyl (C=O) groups is 1. The molecule has 0 spiro atoms. The fourth-order valence-corrected chi connectivity index (χ4v) is 4.63. The number of nitrogens with zero attached hydrogens (tertiary/aromatic N) is 5. The van der Waals surface area contributed by atoms with Gasteiger partial charge < -0.3 is 15.2 Å². The molecule has 0 radical (unpaired) electrons. The Balaban J connectivity index is 1.22. The first-order valence-corrected chi connectivity index (χ1v) is 12.2. The lowest BCUT2D eigenvalue weighted by molar-refractivity contribution is -0.116. The fraction of sp³-hybridized carbons (Fsp3) is 0.138. The zero-order valence-electron chi connectivity index (χ0n) is 20.6. The highest BCUT2D eigenvalue weighted by Gasteiger charge is 2.15. The molecule has 37 heavy (non-hydrogen) atoms. The van der Waals surface area contributed by atoms with Gasteiger partial charge in [0.05, 0.1) is 16.6 Å². The molecule has 0 atom stereocenters. The van der Waals surface area contributed by atoms with Gasteiger partial charge in [-0.15, -0.1) is 0 Å². The van der Waals surface area contributed by atoms with Gasteiger partial charge in [0.1, 0.15) is 5.52 Å². The summed E-state index contributed by atoms with van der Waals surface area (Å²) in [6.07, 6.45) is 0.292. The van der Waals surface area contributed by atoms with Crippen LogP contribution in [0.1, 0.15) is 17.8 Å². The van der Waals surface area contributed by atoms with Crippen LogP contribution in [-0.2, 0) is 11.3 Å². The van der Waals surface area contributed by atoms with Crippen LogP contribution in [0.4, 0.5) is 17.3 Å². The van der Waals surface area contributed by atoms with Crippen molar-refractivity contribution in [2.45, 2.75) is 26.8 Å². The number of fused-ring (bicyclic) bond motifs is 4. The normalized spacial score (nSPS) is 11.3. The summed E-state index contributed by atoms with van der Waals surface area (Å²) in [6.45, 7) is 4.35. The van der Waals surface area contributed by atoms with Crippen LogP contribution in [0.5, 0.6) is 0 Å². The highest BCUT2D eigenvalue weighted by molar-refractivity contribution is 6.06. The number of carbonyl (C=O) groups excluding carboxylic acids is 1. The molecule has 6 aromatic rings. The molecule has 3 aromatic heterocycles. The van der Waals surface area contributed by atoms with Crippen molar-refractivity contribution in [2.75, 3.05) is 10.6 Å². The van der Waals surface area contributed by atoms with Gasteiger partial charge in [-0.2, -0.15) is 0 Å². The number of aryl methyl sites for hydroxylation is 3. The second-order valence-corrected chi connectivity index (χ2v) is 9.03. The van der Waals surface area contributed by atoms with Crippen molar-refractivity contribution in [3.63, 3.8) is 0 Å². The van der Waals surface area contributed by atoms with Gasteiger partial charge in [-0.25, -0.2) is 19.9 Å². The summed E-state index contributed by atoms with van der Waals surface area (Å²) < 4.78 is 2.08. The lowest BCUT2D eigenvalue weighted by atomic mass is 10.2. The summed E-state index contributed by atoms with van der Waals surface area (Å²) in [6, 6.07) is 25.4. The zero-order valence-corrected chi connectivity index (χ0v) is 20.6. The summed E-state index contributed by atoms with van der Waals surface area (Å²) in [5.74, 6) is 0.445. The molecule has 1 amide bonds. The third kappa shape index (κ3) is 4.56. The Morgan fingerprint density at radius 2 is 1.49 bits per heavy atom. The van der Waals surface area contributed by atoms with Crippen LogP contribution in [-0.4, -0.2) is 30.4 Å². The lowest BCUT2D eigenvalue weighted by Crippen LogP contribution is -2.14. The van der Waals surface area contributed by atoms with E-state index in [0.29, 0.717) is 24.6 Å². The molecular weight excluding hydrogens is 462 g/mol. The van der Waals surface area contributed by atoms with E-state index in [1.165, 1.54) is 0 Å². The number of para-hydroxylation sites is 3. The van der Waals surface area contributed by atoms with Crippen molar-refractivity contribution in [1.82, 2.24) is 24.5 Å². The molecule has 6 rings (SSSR count). The van der Waals surface area contributed by atoms with Gasteiger partial charge in [0.25, 0.3) is 0 Å². The van der Waals surface area contributed by atoms with E-state index in [4.69, 9.17) is 9.97 Å². The number of rotatable bonds is 6. The zero-order chi connectivity index (χ0) is 25.4. The maximum absolute atomic E-state index is 12.9. The number of hydrogen-bond donors (Lipinski definition) is 2. The minimum atomic E-state index is -0.0838. The Hall–Kier alpha value is -4.85. The SMILES string of the molecule is Cc1cc(C)nc(Nc2cccc(NC(=O)CCn3c4ccccc4c4nc5ccccc5nc43)c2)n1. The van der Waals surface area contributed by atoms with Crippen molar-refractivity contribution in [2.24, 2.45) is 0 Å². The predicted octanol–water partition coefficient (Wildman–Crippen LogP) is 5.92. The second-order valence-electron chi connectivity index (χ2n) is 9.03. The van der Waals surface area contributed by atoms with E-state index in [2.05, 4.69) is 31.2 Å². The van der Waals surface area contributed by atoms with E-state index in [1.807, 2.05) is 86.6 Å². The molecule has 3 aromatic carbocycles. The van der Waals surface area contributed by atoms with Crippen LogP contribution in [0.3, 0.4) is 0 Å². The molecule has 0 aliphatic heterocycles. The molecule has 0 saturated heterocycles. The van der Waals surface area contributed by atoms with E-state index in [0.717, 1.165) is 50.2 Å². The Morgan fingerprint density at radius 3 is 2.30 bits per heavy atom. The van der Waals surface area contributed by atoms with Crippen molar-refractivity contribution >= 4 is 56.3 Å². The first-order valence-electron chi connectivity index (χ1n) is 12.2.